The number of likely N-dealkylation sites (tertiary alicyclic amines) is 1. The molecule has 184 valence electrons. The maximum atomic E-state index is 12.2. The Balaban J connectivity index is 1.42. The molecule has 2 aromatic rings. The third kappa shape index (κ3) is 5.73. The van der Waals surface area contributed by atoms with Crippen LogP contribution in [0.2, 0.25) is 0 Å². The summed E-state index contributed by atoms with van der Waals surface area (Å²) in [5.74, 6) is 0.972. The molecule has 11 heteroatoms. The Morgan fingerprint density at radius 1 is 1.20 bits per heavy atom. The second-order valence-electron chi connectivity index (χ2n) is 8.03. The smallest absolute Gasteiger partial charge is 0.409 e. The number of hydrogen-bond acceptors (Lipinski definition) is 9. The Labute approximate surface area is 207 Å². The molecule has 0 aliphatic carbocycles. The summed E-state index contributed by atoms with van der Waals surface area (Å²) in [6, 6.07) is 7.15. The lowest BCUT2D eigenvalue weighted by atomic mass is 10.1. The summed E-state index contributed by atoms with van der Waals surface area (Å²) in [5.41, 5.74) is 1.37. The van der Waals surface area contributed by atoms with E-state index >= 15 is 0 Å². The Morgan fingerprint density at radius 2 is 1.94 bits per heavy atom. The molecule has 3 amide bonds. The largest absolute Gasteiger partial charge is 0.474 e. The van der Waals surface area contributed by atoms with Gasteiger partial charge in [-0.3, -0.25) is 14.5 Å². The molecule has 4 rings (SSSR count). The molecule has 2 aliphatic heterocycles. The zero-order chi connectivity index (χ0) is 24.9. The molecule has 35 heavy (non-hydrogen) atoms. The summed E-state index contributed by atoms with van der Waals surface area (Å²) >= 11 is 0.903. The maximum Gasteiger partial charge on any atom is 0.409 e. The highest BCUT2D eigenvalue weighted by Gasteiger charge is 2.31. The molecule has 0 saturated carbocycles. The number of aromatic nitrogens is 2. The van der Waals surface area contributed by atoms with Crippen LogP contribution in [0.15, 0.2) is 35.5 Å². The monoisotopic (exact) mass is 498 g/mol. The molecule has 10 nitrogen and oxygen atoms in total. The summed E-state index contributed by atoms with van der Waals surface area (Å²) in [6.45, 7) is 5.07. The molecular weight excluding hydrogens is 472 g/mol. The number of piperidine rings is 1. The molecule has 0 radical (unpaired) electrons. The molecule has 0 atom stereocenters. The topological polar surface area (TPSA) is 111 Å². The first kappa shape index (κ1) is 24.5. The predicted molar refractivity (Wildman–Crippen MR) is 129 cm³/mol. The van der Waals surface area contributed by atoms with Crippen molar-refractivity contribution in [3.8, 4) is 17.5 Å². The highest BCUT2D eigenvalue weighted by atomic mass is 32.2. The Kier molecular flexibility index (Phi) is 7.54. The van der Waals surface area contributed by atoms with Gasteiger partial charge in [0.25, 0.3) is 11.1 Å². The molecule has 0 bridgehead atoms. The predicted octanol–water partition coefficient (Wildman–Crippen LogP) is 4.24. The number of amides is 3. The van der Waals surface area contributed by atoms with Crippen molar-refractivity contribution in [3.63, 3.8) is 0 Å². The van der Waals surface area contributed by atoms with Gasteiger partial charge in [-0.05, 0) is 49.4 Å². The van der Waals surface area contributed by atoms with Crippen LogP contribution in [-0.2, 0) is 9.53 Å². The van der Waals surface area contributed by atoms with Gasteiger partial charge in [0.05, 0.1) is 17.1 Å². The Morgan fingerprint density at radius 3 is 2.63 bits per heavy atom. The number of rotatable bonds is 6. The van der Waals surface area contributed by atoms with Crippen LogP contribution in [0.1, 0.15) is 30.9 Å². The maximum absolute atomic E-state index is 12.2. The van der Waals surface area contributed by atoms with E-state index in [4.69, 9.17) is 14.2 Å². The summed E-state index contributed by atoms with van der Waals surface area (Å²) in [4.78, 5) is 47.4. The van der Waals surface area contributed by atoms with Crippen LogP contribution in [0.3, 0.4) is 0 Å². The fourth-order valence-corrected chi connectivity index (χ4v) is 4.47. The third-order valence-corrected chi connectivity index (χ3v) is 6.56. The number of benzene rings is 1. The Hall–Kier alpha value is -3.60. The van der Waals surface area contributed by atoms with E-state index in [0.29, 0.717) is 60.5 Å². The van der Waals surface area contributed by atoms with Crippen LogP contribution >= 0.6 is 11.8 Å². The van der Waals surface area contributed by atoms with Crippen LogP contribution in [0.4, 0.5) is 9.59 Å². The number of imide groups is 1. The molecule has 1 aromatic carbocycles. The van der Waals surface area contributed by atoms with E-state index in [9.17, 15) is 14.4 Å². The fraction of sp³-hybridized carbons (Fsp3) is 0.375. The molecular formula is C24H26N4O6S. The third-order valence-electron chi connectivity index (χ3n) is 5.59. The van der Waals surface area contributed by atoms with E-state index < -0.39 is 0 Å². The molecule has 0 unspecified atom stereocenters. The van der Waals surface area contributed by atoms with Crippen LogP contribution in [-0.4, -0.2) is 69.9 Å². The molecule has 3 heterocycles. The number of carbonyl (C=O) groups excluding carboxylic acids is 3. The second-order valence-corrected chi connectivity index (χ2v) is 9.02. The molecule has 2 aliphatic rings. The number of ether oxygens (including phenoxy) is 3. The number of hydrogen-bond donors (Lipinski definition) is 0. The van der Waals surface area contributed by atoms with Gasteiger partial charge in [0.2, 0.25) is 11.8 Å². The van der Waals surface area contributed by atoms with Gasteiger partial charge < -0.3 is 19.1 Å². The van der Waals surface area contributed by atoms with Crippen molar-refractivity contribution >= 4 is 35.1 Å². The molecule has 2 fully saturated rings. The van der Waals surface area contributed by atoms with Gasteiger partial charge in [0, 0.05) is 33.0 Å². The number of nitrogens with zero attached hydrogens (tertiary/aromatic N) is 4. The first-order valence-electron chi connectivity index (χ1n) is 11.2. The van der Waals surface area contributed by atoms with Gasteiger partial charge >= 0.3 is 6.09 Å². The lowest BCUT2D eigenvalue weighted by molar-refractivity contribution is -0.121. The van der Waals surface area contributed by atoms with Crippen molar-refractivity contribution in [3.05, 3.63) is 46.6 Å². The van der Waals surface area contributed by atoms with Crippen LogP contribution in [0.25, 0.3) is 6.08 Å². The van der Waals surface area contributed by atoms with Crippen LogP contribution < -0.4 is 9.47 Å². The van der Waals surface area contributed by atoms with Crippen LogP contribution in [0, 0.1) is 6.92 Å². The summed E-state index contributed by atoms with van der Waals surface area (Å²) in [6.07, 6.45) is 4.00. The number of carbonyl (C=O) groups is 3. The zero-order valence-corrected chi connectivity index (χ0v) is 20.5. The highest BCUT2D eigenvalue weighted by molar-refractivity contribution is 8.18. The van der Waals surface area contributed by atoms with Crippen LogP contribution in [0.5, 0.6) is 17.5 Å². The van der Waals surface area contributed by atoms with E-state index in [0.717, 1.165) is 22.2 Å². The summed E-state index contributed by atoms with van der Waals surface area (Å²) in [5, 5.41) is -0.302. The lowest BCUT2D eigenvalue weighted by Gasteiger charge is -2.31. The van der Waals surface area contributed by atoms with Crippen molar-refractivity contribution < 1.29 is 28.6 Å². The van der Waals surface area contributed by atoms with Gasteiger partial charge in [-0.2, -0.15) is 0 Å². The van der Waals surface area contributed by atoms with Crippen molar-refractivity contribution in [1.82, 2.24) is 19.8 Å². The fourth-order valence-electron chi connectivity index (χ4n) is 3.65. The lowest BCUT2D eigenvalue weighted by Crippen LogP contribution is -2.42. The van der Waals surface area contributed by atoms with E-state index in [2.05, 4.69) is 9.97 Å². The van der Waals surface area contributed by atoms with E-state index in [1.807, 2.05) is 13.0 Å². The molecule has 2 saturated heterocycles. The highest BCUT2D eigenvalue weighted by Crippen LogP contribution is 2.33. The van der Waals surface area contributed by atoms with Gasteiger partial charge in [0.1, 0.15) is 18.2 Å². The summed E-state index contributed by atoms with van der Waals surface area (Å²) < 4.78 is 17.1. The average Bonchev–Trinajstić information content (AvgIpc) is 3.09. The summed E-state index contributed by atoms with van der Waals surface area (Å²) in [7, 11) is 1.46. The SMILES string of the molecule is CCOC(=O)N1CCC(Oc2ncnc(Oc3cccc(C=C4SC(=O)N(C)C4=O)c3)c2C)CC1. The Bertz CT molecular complexity index is 1160. The minimum absolute atomic E-state index is 0.0839. The molecule has 0 spiro atoms. The second kappa shape index (κ2) is 10.8. The first-order chi connectivity index (χ1) is 16.9. The van der Waals surface area contributed by atoms with E-state index in [1.54, 1.807) is 36.1 Å². The van der Waals surface area contributed by atoms with Gasteiger partial charge in [-0.15, -0.1) is 0 Å². The van der Waals surface area contributed by atoms with Crippen molar-refractivity contribution in [1.29, 1.82) is 0 Å². The average molecular weight is 499 g/mol. The van der Waals surface area contributed by atoms with Crippen molar-refractivity contribution in [2.45, 2.75) is 32.8 Å². The first-order valence-corrected chi connectivity index (χ1v) is 12.1. The van der Waals surface area contributed by atoms with Gasteiger partial charge in [-0.25, -0.2) is 14.8 Å². The zero-order valence-electron chi connectivity index (χ0n) is 19.7. The minimum Gasteiger partial charge on any atom is -0.474 e. The molecule has 1 aromatic heterocycles. The standard InChI is InChI=1S/C24H26N4O6S/c1-4-32-23(30)28-10-8-17(9-11-28)33-20-15(2)21(26-14-25-20)34-18-7-5-6-16(12-18)13-19-22(29)27(3)24(31)35-19/h5-7,12-14,17H,4,8-11H2,1-3H3. The van der Waals surface area contributed by atoms with Crippen molar-refractivity contribution in [2.75, 3.05) is 26.7 Å². The van der Waals surface area contributed by atoms with Gasteiger partial charge in [-0.1, -0.05) is 12.1 Å². The van der Waals surface area contributed by atoms with E-state index in [1.165, 1.54) is 13.4 Å². The molecule has 0 N–H and O–H groups in total. The van der Waals surface area contributed by atoms with E-state index in [-0.39, 0.29) is 23.3 Å². The van der Waals surface area contributed by atoms with Crippen molar-refractivity contribution in [2.24, 2.45) is 0 Å². The number of likely N-dealkylation sites (N-methyl/N-ethyl adjacent to an activating group) is 1. The van der Waals surface area contributed by atoms with Gasteiger partial charge in [0.15, 0.2) is 0 Å². The quantitative estimate of drug-likeness (QED) is 0.540. The minimum atomic E-state index is -0.326. The number of thioether (sulfide) groups is 1. The normalized spacial score (nSPS) is 17.7.